The number of hydrogen-bond donors (Lipinski definition) is 2. The van der Waals surface area contributed by atoms with Gasteiger partial charge in [0.1, 0.15) is 0 Å². The van der Waals surface area contributed by atoms with Gasteiger partial charge in [0, 0.05) is 29.3 Å². The third kappa shape index (κ3) is 2.13. The molecule has 0 unspecified atom stereocenters. The average molecular weight is 203 g/mol. The van der Waals surface area contributed by atoms with Crippen LogP contribution in [0.15, 0.2) is 24.4 Å². The summed E-state index contributed by atoms with van der Waals surface area (Å²) in [6.45, 7) is 1.07. The first-order chi connectivity index (χ1) is 7.16. The molecule has 2 aromatic rings. The van der Waals surface area contributed by atoms with Gasteiger partial charge >= 0.3 is 0 Å². The molecule has 0 fully saturated rings. The number of rotatable bonds is 3. The second kappa shape index (κ2) is 3.95. The zero-order valence-electron chi connectivity index (χ0n) is 9.25. The summed E-state index contributed by atoms with van der Waals surface area (Å²) in [5, 5.41) is 1.28. The van der Waals surface area contributed by atoms with Crippen LogP contribution in [0.5, 0.6) is 0 Å². The molecular formula is C12H17N3. The molecule has 0 atom stereocenters. The Morgan fingerprint density at radius 1 is 1.33 bits per heavy atom. The van der Waals surface area contributed by atoms with Crippen molar-refractivity contribution >= 4 is 16.6 Å². The molecule has 1 heterocycles. The molecule has 0 spiro atoms. The Labute approximate surface area is 89.9 Å². The van der Waals surface area contributed by atoms with Crippen molar-refractivity contribution < 1.29 is 0 Å². The molecular weight excluding hydrogens is 186 g/mol. The number of nitrogen functional groups attached to an aromatic ring is 1. The quantitative estimate of drug-likeness (QED) is 0.748. The van der Waals surface area contributed by atoms with Crippen LogP contribution in [-0.4, -0.2) is 30.5 Å². The number of anilines is 1. The van der Waals surface area contributed by atoms with Gasteiger partial charge in [0.25, 0.3) is 0 Å². The predicted octanol–water partition coefficient (Wildman–Crippen LogP) is 1.85. The number of benzene rings is 1. The lowest BCUT2D eigenvalue weighted by molar-refractivity contribution is 0.414. The third-order valence-electron chi connectivity index (χ3n) is 2.62. The van der Waals surface area contributed by atoms with Crippen molar-refractivity contribution in [3.05, 3.63) is 30.0 Å². The highest BCUT2D eigenvalue weighted by Crippen LogP contribution is 2.20. The van der Waals surface area contributed by atoms with Gasteiger partial charge in [-0.1, -0.05) is 6.07 Å². The number of aromatic nitrogens is 1. The zero-order valence-corrected chi connectivity index (χ0v) is 9.25. The predicted molar refractivity (Wildman–Crippen MR) is 65.0 cm³/mol. The summed E-state index contributed by atoms with van der Waals surface area (Å²) in [5.74, 6) is 0. The maximum absolute atomic E-state index is 5.73. The van der Waals surface area contributed by atoms with Crippen LogP contribution in [0.25, 0.3) is 10.9 Å². The summed E-state index contributed by atoms with van der Waals surface area (Å²) in [6.07, 6.45) is 3.14. The molecule has 1 aromatic carbocycles. The van der Waals surface area contributed by atoms with Gasteiger partial charge in [0.2, 0.25) is 0 Å². The molecule has 15 heavy (non-hydrogen) atoms. The Hall–Kier alpha value is -1.48. The van der Waals surface area contributed by atoms with Crippen molar-refractivity contribution in [2.24, 2.45) is 0 Å². The van der Waals surface area contributed by atoms with E-state index >= 15 is 0 Å². The van der Waals surface area contributed by atoms with E-state index in [9.17, 15) is 0 Å². The summed E-state index contributed by atoms with van der Waals surface area (Å²) >= 11 is 0. The summed E-state index contributed by atoms with van der Waals surface area (Å²) in [7, 11) is 4.18. The van der Waals surface area contributed by atoms with Crippen LogP contribution in [0.1, 0.15) is 5.56 Å². The zero-order chi connectivity index (χ0) is 10.8. The highest BCUT2D eigenvalue weighted by atomic mass is 15.0. The molecule has 80 valence electrons. The summed E-state index contributed by atoms with van der Waals surface area (Å²) in [5.41, 5.74) is 9.02. The van der Waals surface area contributed by atoms with E-state index in [1.807, 2.05) is 12.1 Å². The van der Waals surface area contributed by atoms with E-state index < -0.39 is 0 Å². The minimum atomic E-state index is 0.809. The SMILES string of the molecule is CN(C)CCc1c[nH]c2cc(N)ccc12. The summed E-state index contributed by atoms with van der Waals surface area (Å²) in [6, 6.07) is 6.02. The van der Waals surface area contributed by atoms with Crippen molar-refractivity contribution in [1.29, 1.82) is 0 Å². The smallest absolute Gasteiger partial charge is 0.0477 e. The van der Waals surface area contributed by atoms with Gasteiger partial charge in [-0.25, -0.2) is 0 Å². The van der Waals surface area contributed by atoms with Gasteiger partial charge in [0.15, 0.2) is 0 Å². The number of nitrogens with two attached hydrogens (primary N) is 1. The fraction of sp³-hybridized carbons (Fsp3) is 0.333. The van der Waals surface area contributed by atoms with Crippen molar-refractivity contribution in [3.8, 4) is 0 Å². The summed E-state index contributed by atoms with van der Waals surface area (Å²) < 4.78 is 0. The van der Waals surface area contributed by atoms with E-state index in [-0.39, 0.29) is 0 Å². The first-order valence-electron chi connectivity index (χ1n) is 5.17. The van der Waals surface area contributed by atoms with Gasteiger partial charge < -0.3 is 15.6 Å². The molecule has 3 heteroatoms. The molecule has 3 N–H and O–H groups in total. The molecule has 0 aliphatic rings. The molecule has 3 nitrogen and oxygen atoms in total. The van der Waals surface area contributed by atoms with Crippen LogP contribution in [0.4, 0.5) is 5.69 Å². The lowest BCUT2D eigenvalue weighted by Crippen LogP contribution is -2.14. The van der Waals surface area contributed by atoms with E-state index in [0.717, 1.165) is 24.2 Å². The highest BCUT2D eigenvalue weighted by molar-refractivity contribution is 5.85. The van der Waals surface area contributed by atoms with Crippen LogP contribution in [-0.2, 0) is 6.42 Å². The van der Waals surface area contributed by atoms with Crippen molar-refractivity contribution in [2.75, 3.05) is 26.4 Å². The van der Waals surface area contributed by atoms with Crippen LogP contribution >= 0.6 is 0 Å². The lowest BCUT2D eigenvalue weighted by atomic mass is 10.1. The van der Waals surface area contributed by atoms with E-state index in [4.69, 9.17) is 5.73 Å². The average Bonchev–Trinajstić information content (AvgIpc) is 2.57. The lowest BCUT2D eigenvalue weighted by Gasteiger charge is -2.08. The van der Waals surface area contributed by atoms with E-state index in [2.05, 4.69) is 36.2 Å². The van der Waals surface area contributed by atoms with Crippen LogP contribution in [0, 0.1) is 0 Å². The maximum atomic E-state index is 5.73. The minimum absolute atomic E-state index is 0.809. The topological polar surface area (TPSA) is 45.0 Å². The third-order valence-corrected chi connectivity index (χ3v) is 2.62. The first-order valence-corrected chi connectivity index (χ1v) is 5.17. The van der Waals surface area contributed by atoms with Crippen LogP contribution < -0.4 is 5.73 Å². The van der Waals surface area contributed by atoms with Gasteiger partial charge in [-0.3, -0.25) is 0 Å². The monoisotopic (exact) mass is 203 g/mol. The van der Waals surface area contributed by atoms with Crippen molar-refractivity contribution in [3.63, 3.8) is 0 Å². The molecule has 0 radical (unpaired) electrons. The standard InChI is InChI=1S/C12H17N3/c1-15(2)6-5-9-8-14-12-7-10(13)3-4-11(9)12/h3-4,7-8,14H,5-6,13H2,1-2H3. The molecule has 0 aliphatic carbocycles. The molecule has 0 aliphatic heterocycles. The molecule has 0 saturated heterocycles. The number of nitrogens with one attached hydrogen (secondary N) is 1. The van der Waals surface area contributed by atoms with Gasteiger partial charge in [-0.15, -0.1) is 0 Å². The first kappa shape index (κ1) is 10.1. The Morgan fingerprint density at radius 3 is 2.87 bits per heavy atom. The fourth-order valence-electron chi connectivity index (χ4n) is 1.75. The van der Waals surface area contributed by atoms with Crippen LogP contribution in [0.3, 0.4) is 0 Å². The molecule has 0 bridgehead atoms. The normalized spacial score (nSPS) is 11.4. The largest absolute Gasteiger partial charge is 0.399 e. The Morgan fingerprint density at radius 2 is 2.13 bits per heavy atom. The molecule has 0 amide bonds. The number of H-pyrrole nitrogens is 1. The minimum Gasteiger partial charge on any atom is -0.399 e. The number of nitrogens with zero attached hydrogens (tertiary/aromatic N) is 1. The summed E-state index contributed by atoms with van der Waals surface area (Å²) in [4.78, 5) is 5.44. The van der Waals surface area contributed by atoms with E-state index in [1.54, 1.807) is 0 Å². The van der Waals surface area contributed by atoms with E-state index in [0.29, 0.717) is 0 Å². The number of likely N-dealkylation sites (N-methyl/N-ethyl adjacent to an activating group) is 1. The number of fused-ring (bicyclic) bond motifs is 1. The van der Waals surface area contributed by atoms with Crippen LogP contribution in [0.2, 0.25) is 0 Å². The molecule has 2 rings (SSSR count). The second-order valence-electron chi connectivity index (χ2n) is 4.17. The molecule has 1 aromatic heterocycles. The second-order valence-corrected chi connectivity index (χ2v) is 4.17. The molecule has 0 saturated carbocycles. The Kier molecular flexibility index (Phi) is 2.64. The maximum Gasteiger partial charge on any atom is 0.0477 e. The fourth-order valence-corrected chi connectivity index (χ4v) is 1.75. The Balaban J connectivity index is 2.29. The van der Waals surface area contributed by atoms with Crippen molar-refractivity contribution in [1.82, 2.24) is 9.88 Å². The number of aromatic amines is 1. The van der Waals surface area contributed by atoms with Gasteiger partial charge in [0.05, 0.1) is 0 Å². The van der Waals surface area contributed by atoms with E-state index in [1.165, 1.54) is 10.9 Å². The highest BCUT2D eigenvalue weighted by Gasteiger charge is 2.03. The van der Waals surface area contributed by atoms with Crippen molar-refractivity contribution in [2.45, 2.75) is 6.42 Å². The van der Waals surface area contributed by atoms with Gasteiger partial charge in [-0.05, 0) is 38.2 Å². The Bertz CT molecular complexity index is 457. The number of hydrogen-bond acceptors (Lipinski definition) is 2. The van der Waals surface area contributed by atoms with Gasteiger partial charge in [-0.2, -0.15) is 0 Å².